The van der Waals surface area contributed by atoms with E-state index in [9.17, 15) is 15.0 Å². The Balaban J connectivity index is 1.36. The van der Waals surface area contributed by atoms with Crippen LogP contribution in [0.5, 0.6) is 0 Å². The van der Waals surface area contributed by atoms with Crippen molar-refractivity contribution in [2.75, 3.05) is 0 Å². The van der Waals surface area contributed by atoms with Crippen LogP contribution in [0.2, 0.25) is 0 Å². The van der Waals surface area contributed by atoms with Gasteiger partial charge in [-0.1, -0.05) is 37.1 Å². The summed E-state index contributed by atoms with van der Waals surface area (Å²) in [6, 6.07) is 0. The van der Waals surface area contributed by atoms with Crippen molar-refractivity contribution >= 4 is 17.1 Å². The molecule has 6 atom stereocenters. The van der Waals surface area contributed by atoms with Crippen molar-refractivity contribution in [1.82, 2.24) is 4.98 Å². The van der Waals surface area contributed by atoms with Crippen molar-refractivity contribution in [3.8, 4) is 0 Å². The molecule has 3 aliphatic carbocycles. The molecule has 33 heavy (non-hydrogen) atoms. The lowest BCUT2D eigenvalue weighted by atomic mass is 9.60. The number of aromatic nitrogens is 1. The van der Waals surface area contributed by atoms with Gasteiger partial charge in [0.2, 0.25) is 0 Å². The summed E-state index contributed by atoms with van der Waals surface area (Å²) in [5.41, 5.74) is 4.05. The summed E-state index contributed by atoms with van der Waals surface area (Å²) in [4.78, 5) is 16.8. The van der Waals surface area contributed by atoms with E-state index in [1.54, 1.807) is 5.57 Å². The molecule has 4 nitrogen and oxygen atoms in total. The zero-order valence-corrected chi connectivity index (χ0v) is 21.4. The van der Waals surface area contributed by atoms with Crippen LogP contribution in [0, 0.1) is 30.1 Å². The SMILES string of the molecule is Cc1csc(C(=O)CCC[C@@H](C)[C@H]2CC[C@H]3/C(=C/C=C4C[C@@H](O)C[C@H](O)C4)CCC[C@]23C)n1. The van der Waals surface area contributed by atoms with E-state index in [1.807, 2.05) is 12.3 Å². The van der Waals surface area contributed by atoms with E-state index < -0.39 is 12.2 Å². The van der Waals surface area contributed by atoms with E-state index in [0.717, 1.165) is 24.5 Å². The molecule has 5 heteroatoms. The molecule has 3 aliphatic rings. The third-order valence-corrected chi connectivity index (χ3v) is 9.72. The average Bonchev–Trinajstić information content (AvgIpc) is 3.34. The number of ketones is 1. The third kappa shape index (κ3) is 5.68. The Kier molecular flexibility index (Phi) is 7.92. The number of rotatable bonds is 7. The van der Waals surface area contributed by atoms with E-state index in [1.165, 1.54) is 49.0 Å². The van der Waals surface area contributed by atoms with E-state index in [0.29, 0.717) is 47.9 Å². The van der Waals surface area contributed by atoms with Gasteiger partial charge >= 0.3 is 0 Å². The van der Waals surface area contributed by atoms with Crippen molar-refractivity contribution in [2.45, 2.75) is 104 Å². The second-order valence-electron chi connectivity index (χ2n) is 11.2. The molecule has 1 aromatic heterocycles. The summed E-state index contributed by atoms with van der Waals surface area (Å²) in [6.45, 7) is 6.86. The number of fused-ring (bicyclic) bond motifs is 1. The van der Waals surface area contributed by atoms with Gasteiger partial charge in [0.25, 0.3) is 0 Å². The highest BCUT2D eigenvalue weighted by molar-refractivity contribution is 7.11. The van der Waals surface area contributed by atoms with E-state index in [2.05, 4.69) is 31.0 Å². The largest absolute Gasteiger partial charge is 0.393 e. The maximum atomic E-state index is 12.4. The standard InChI is InChI=1S/C28H41NO3S/c1-18(6-4-8-26(32)27-29-19(2)17-33-27)24-11-12-25-21(7-5-13-28(24,25)3)10-9-20-14-22(30)16-23(31)15-20/h9-10,17-18,22-25,30-31H,4-8,11-16H2,1-3H3/b21-10+/t18-,22-,23-,24-,25+,28-/m1/s1. The number of carbonyl (C=O) groups is 1. The Labute approximate surface area is 203 Å². The number of hydrogen-bond donors (Lipinski definition) is 2. The normalized spacial score (nSPS) is 34.3. The van der Waals surface area contributed by atoms with Gasteiger partial charge in [0.15, 0.2) is 10.8 Å². The summed E-state index contributed by atoms with van der Waals surface area (Å²) < 4.78 is 0. The Morgan fingerprint density at radius 2 is 2.03 bits per heavy atom. The van der Waals surface area contributed by atoms with Gasteiger partial charge in [-0.2, -0.15) is 0 Å². The zero-order chi connectivity index (χ0) is 23.6. The smallest absolute Gasteiger partial charge is 0.191 e. The molecule has 0 bridgehead atoms. The van der Waals surface area contributed by atoms with Crippen LogP contribution in [0.1, 0.15) is 100.0 Å². The first-order valence-corrected chi connectivity index (χ1v) is 13.8. The molecule has 1 heterocycles. The first kappa shape index (κ1) is 24.8. The second kappa shape index (κ2) is 10.5. The Morgan fingerprint density at radius 3 is 2.73 bits per heavy atom. The number of aryl methyl sites for hydroxylation is 1. The van der Waals surface area contributed by atoms with Crippen molar-refractivity contribution < 1.29 is 15.0 Å². The number of aliphatic hydroxyl groups is 2. The molecule has 0 aromatic carbocycles. The summed E-state index contributed by atoms with van der Waals surface area (Å²) in [7, 11) is 0. The molecule has 0 radical (unpaired) electrons. The predicted molar refractivity (Wildman–Crippen MR) is 134 cm³/mol. The van der Waals surface area contributed by atoms with Crippen LogP contribution >= 0.6 is 11.3 Å². The lowest BCUT2D eigenvalue weighted by molar-refractivity contribution is 0.0609. The fourth-order valence-corrected chi connectivity index (χ4v) is 7.88. The van der Waals surface area contributed by atoms with Crippen LogP contribution in [-0.2, 0) is 0 Å². The predicted octanol–water partition coefficient (Wildman–Crippen LogP) is 6.42. The monoisotopic (exact) mass is 471 g/mol. The van der Waals surface area contributed by atoms with Gasteiger partial charge in [0.05, 0.1) is 12.2 Å². The fraction of sp³-hybridized carbons (Fsp3) is 0.714. The van der Waals surface area contributed by atoms with Gasteiger partial charge in [-0.05, 0) is 94.3 Å². The van der Waals surface area contributed by atoms with Crippen molar-refractivity contribution in [2.24, 2.45) is 23.2 Å². The molecule has 0 unspecified atom stereocenters. The fourth-order valence-electron chi connectivity index (χ4n) is 7.12. The number of nitrogens with zero attached hydrogens (tertiary/aromatic N) is 1. The number of Topliss-reactive ketones (excluding diaryl/α,β-unsaturated/α-hetero) is 1. The Morgan fingerprint density at radius 1 is 1.27 bits per heavy atom. The molecule has 0 saturated heterocycles. The minimum atomic E-state index is -0.404. The molecule has 0 aliphatic heterocycles. The molecule has 4 rings (SSSR count). The molecule has 0 amide bonds. The number of aliphatic hydroxyl groups excluding tert-OH is 2. The highest BCUT2D eigenvalue weighted by atomic mass is 32.1. The van der Waals surface area contributed by atoms with Gasteiger partial charge in [0.1, 0.15) is 0 Å². The van der Waals surface area contributed by atoms with Crippen LogP contribution < -0.4 is 0 Å². The van der Waals surface area contributed by atoms with E-state index in [-0.39, 0.29) is 5.78 Å². The lowest BCUT2D eigenvalue weighted by Crippen LogP contribution is -2.36. The lowest BCUT2D eigenvalue weighted by Gasteiger charge is -2.44. The zero-order valence-electron chi connectivity index (χ0n) is 20.6. The van der Waals surface area contributed by atoms with E-state index >= 15 is 0 Å². The molecular formula is C28H41NO3S. The second-order valence-corrected chi connectivity index (χ2v) is 12.1. The highest BCUT2D eigenvalue weighted by Crippen LogP contribution is 2.59. The topological polar surface area (TPSA) is 70.4 Å². The highest BCUT2D eigenvalue weighted by Gasteiger charge is 2.50. The number of hydrogen-bond acceptors (Lipinski definition) is 5. The number of carbonyl (C=O) groups excluding carboxylic acids is 1. The van der Waals surface area contributed by atoms with Gasteiger partial charge in [0, 0.05) is 17.5 Å². The average molecular weight is 472 g/mol. The van der Waals surface area contributed by atoms with Gasteiger partial charge in [-0.15, -0.1) is 11.3 Å². The summed E-state index contributed by atoms with van der Waals surface area (Å²) in [5.74, 6) is 2.19. The van der Waals surface area contributed by atoms with Crippen molar-refractivity contribution in [3.05, 3.63) is 39.4 Å². The first-order chi connectivity index (χ1) is 15.8. The molecule has 2 N–H and O–H groups in total. The number of thiazole rings is 1. The van der Waals surface area contributed by atoms with E-state index in [4.69, 9.17) is 0 Å². The minimum Gasteiger partial charge on any atom is -0.393 e. The molecule has 0 spiro atoms. The molecule has 3 saturated carbocycles. The maximum absolute atomic E-state index is 12.4. The van der Waals surface area contributed by atoms with Crippen LogP contribution in [0.3, 0.4) is 0 Å². The molecule has 3 fully saturated rings. The first-order valence-electron chi connectivity index (χ1n) is 13.0. The molecule has 182 valence electrons. The van der Waals surface area contributed by atoms with Crippen LogP contribution in [0.25, 0.3) is 0 Å². The van der Waals surface area contributed by atoms with Gasteiger partial charge in [-0.3, -0.25) is 4.79 Å². The Bertz CT molecular complexity index is 891. The van der Waals surface area contributed by atoms with Crippen LogP contribution in [0.15, 0.2) is 28.7 Å². The molecular weight excluding hydrogens is 430 g/mol. The summed E-state index contributed by atoms with van der Waals surface area (Å²) in [6.07, 6.45) is 14.6. The third-order valence-electron chi connectivity index (χ3n) is 8.72. The van der Waals surface area contributed by atoms with Crippen LogP contribution in [-0.4, -0.2) is 33.2 Å². The minimum absolute atomic E-state index is 0.199. The number of allylic oxidation sites excluding steroid dienone is 3. The van der Waals surface area contributed by atoms with Crippen molar-refractivity contribution in [3.63, 3.8) is 0 Å². The molecule has 1 aromatic rings. The summed E-state index contributed by atoms with van der Waals surface area (Å²) in [5, 5.41) is 22.6. The van der Waals surface area contributed by atoms with Crippen molar-refractivity contribution in [1.29, 1.82) is 0 Å². The summed E-state index contributed by atoms with van der Waals surface area (Å²) >= 11 is 1.47. The van der Waals surface area contributed by atoms with Gasteiger partial charge < -0.3 is 10.2 Å². The van der Waals surface area contributed by atoms with Gasteiger partial charge in [-0.25, -0.2) is 4.98 Å². The Hall–Kier alpha value is -1.30. The van der Waals surface area contributed by atoms with Crippen LogP contribution in [0.4, 0.5) is 0 Å². The quantitative estimate of drug-likeness (QED) is 0.450. The maximum Gasteiger partial charge on any atom is 0.191 e.